The van der Waals surface area contributed by atoms with Gasteiger partial charge >= 0.3 is 5.97 Å². The molecule has 14 heavy (non-hydrogen) atoms. The zero-order chi connectivity index (χ0) is 10.6. The summed E-state index contributed by atoms with van der Waals surface area (Å²) in [6.07, 6.45) is 2.04. The lowest BCUT2D eigenvalue weighted by Gasteiger charge is -2.25. The van der Waals surface area contributed by atoms with E-state index in [1.807, 2.05) is 31.4 Å². The maximum Gasteiger partial charge on any atom is 0.309 e. The summed E-state index contributed by atoms with van der Waals surface area (Å²) >= 11 is 1.63. The van der Waals surface area contributed by atoms with E-state index in [1.54, 1.807) is 11.3 Å². The maximum atomic E-state index is 11.2. The second kappa shape index (κ2) is 4.60. The molecule has 0 aliphatic carbocycles. The molecule has 0 bridgehead atoms. The molecule has 0 aromatic carbocycles. The Labute approximate surface area is 88.6 Å². The number of carbonyl (C=O) groups is 1. The first-order chi connectivity index (χ1) is 6.64. The van der Waals surface area contributed by atoms with Crippen LogP contribution >= 0.6 is 11.3 Å². The van der Waals surface area contributed by atoms with E-state index >= 15 is 0 Å². The smallest absolute Gasteiger partial charge is 0.309 e. The van der Waals surface area contributed by atoms with E-state index in [1.165, 1.54) is 0 Å². The van der Waals surface area contributed by atoms with E-state index in [0.717, 1.165) is 4.88 Å². The molecular formula is C11H16O2S. The first-order valence-electron chi connectivity index (χ1n) is 4.90. The molecule has 0 aliphatic rings. The molecule has 0 radical (unpaired) electrons. The van der Waals surface area contributed by atoms with Gasteiger partial charge in [0.15, 0.2) is 0 Å². The Morgan fingerprint density at radius 3 is 2.50 bits per heavy atom. The third-order valence-corrected chi connectivity index (χ3v) is 3.78. The third-order valence-electron chi connectivity index (χ3n) is 2.90. The van der Waals surface area contributed by atoms with E-state index in [0.29, 0.717) is 19.3 Å². The van der Waals surface area contributed by atoms with Crippen LogP contribution in [0, 0.1) is 5.41 Å². The number of carboxylic acids is 1. The fourth-order valence-corrected chi connectivity index (χ4v) is 2.47. The normalized spacial score (nSPS) is 11.6. The van der Waals surface area contributed by atoms with Crippen molar-refractivity contribution in [3.63, 3.8) is 0 Å². The summed E-state index contributed by atoms with van der Waals surface area (Å²) in [4.78, 5) is 12.4. The lowest BCUT2D eigenvalue weighted by molar-refractivity contribution is -0.149. The molecule has 1 N–H and O–H groups in total. The molecule has 1 rings (SSSR count). The monoisotopic (exact) mass is 212 g/mol. The minimum atomic E-state index is -0.670. The highest BCUT2D eigenvalue weighted by Crippen LogP contribution is 2.32. The van der Waals surface area contributed by atoms with Crippen LogP contribution < -0.4 is 0 Å². The molecule has 0 unspecified atom stereocenters. The molecule has 2 nitrogen and oxygen atoms in total. The molecule has 78 valence electrons. The summed E-state index contributed by atoms with van der Waals surface area (Å²) in [7, 11) is 0. The van der Waals surface area contributed by atoms with Crippen molar-refractivity contribution in [3.05, 3.63) is 22.4 Å². The Hall–Kier alpha value is -0.830. The SMILES string of the molecule is CCC(CC)(Cc1cccs1)C(=O)O. The summed E-state index contributed by atoms with van der Waals surface area (Å²) in [6, 6.07) is 3.98. The van der Waals surface area contributed by atoms with E-state index in [9.17, 15) is 9.90 Å². The Morgan fingerprint density at radius 2 is 2.14 bits per heavy atom. The van der Waals surface area contributed by atoms with E-state index in [-0.39, 0.29) is 0 Å². The van der Waals surface area contributed by atoms with Crippen molar-refractivity contribution in [3.8, 4) is 0 Å². The van der Waals surface area contributed by atoms with Gasteiger partial charge in [0, 0.05) is 4.88 Å². The van der Waals surface area contributed by atoms with Gasteiger partial charge in [-0.15, -0.1) is 11.3 Å². The van der Waals surface area contributed by atoms with Crippen molar-refractivity contribution < 1.29 is 9.90 Å². The highest BCUT2D eigenvalue weighted by Gasteiger charge is 2.35. The highest BCUT2D eigenvalue weighted by molar-refractivity contribution is 7.09. The molecule has 1 heterocycles. The van der Waals surface area contributed by atoms with Crippen LogP contribution in [0.4, 0.5) is 0 Å². The fraction of sp³-hybridized carbons (Fsp3) is 0.545. The molecule has 3 heteroatoms. The molecule has 0 atom stereocenters. The van der Waals surface area contributed by atoms with Crippen LogP contribution in [0.1, 0.15) is 31.6 Å². The number of hydrogen-bond donors (Lipinski definition) is 1. The van der Waals surface area contributed by atoms with Crippen molar-refractivity contribution in [1.82, 2.24) is 0 Å². The standard InChI is InChI=1S/C11H16O2S/c1-3-11(4-2,10(12)13)8-9-6-5-7-14-9/h5-7H,3-4,8H2,1-2H3,(H,12,13). The van der Waals surface area contributed by atoms with Gasteiger partial charge in [0.25, 0.3) is 0 Å². The van der Waals surface area contributed by atoms with Gasteiger partial charge in [-0.25, -0.2) is 0 Å². The topological polar surface area (TPSA) is 37.3 Å². The van der Waals surface area contributed by atoms with Crippen molar-refractivity contribution in [2.75, 3.05) is 0 Å². The summed E-state index contributed by atoms with van der Waals surface area (Å²) in [6.45, 7) is 3.90. The quantitative estimate of drug-likeness (QED) is 0.814. The molecule has 0 fully saturated rings. The van der Waals surface area contributed by atoms with Crippen molar-refractivity contribution in [2.45, 2.75) is 33.1 Å². The lowest BCUT2D eigenvalue weighted by Crippen LogP contribution is -2.31. The minimum Gasteiger partial charge on any atom is -0.481 e. The number of hydrogen-bond acceptors (Lipinski definition) is 2. The molecule has 0 aliphatic heterocycles. The molecular weight excluding hydrogens is 196 g/mol. The molecule has 0 amide bonds. The lowest BCUT2D eigenvalue weighted by atomic mass is 9.79. The van der Waals surface area contributed by atoms with Gasteiger partial charge < -0.3 is 5.11 Å². The van der Waals surface area contributed by atoms with Crippen LogP contribution in [0.25, 0.3) is 0 Å². The first kappa shape index (κ1) is 11.2. The van der Waals surface area contributed by atoms with E-state index in [4.69, 9.17) is 0 Å². The van der Waals surface area contributed by atoms with E-state index in [2.05, 4.69) is 0 Å². The fourth-order valence-electron chi connectivity index (χ4n) is 1.62. The average molecular weight is 212 g/mol. The third kappa shape index (κ3) is 2.15. The van der Waals surface area contributed by atoms with Crippen LogP contribution in [0.2, 0.25) is 0 Å². The molecule has 1 aromatic heterocycles. The second-order valence-corrected chi connectivity index (χ2v) is 4.58. The van der Waals surface area contributed by atoms with Gasteiger partial charge in [0.2, 0.25) is 0 Å². The summed E-state index contributed by atoms with van der Waals surface area (Å²) in [5, 5.41) is 11.2. The van der Waals surface area contributed by atoms with Crippen LogP contribution in [-0.2, 0) is 11.2 Å². The predicted molar refractivity (Wildman–Crippen MR) is 58.7 cm³/mol. The second-order valence-electron chi connectivity index (χ2n) is 3.55. The van der Waals surface area contributed by atoms with Gasteiger partial charge in [-0.1, -0.05) is 19.9 Å². The Kier molecular flexibility index (Phi) is 3.69. The number of rotatable bonds is 5. The summed E-state index contributed by atoms with van der Waals surface area (Å²) in [5.74, 6) is -0.670. The van der Waals surface area contributed by atoms with Crippen molar-refractivity contribution >= 4 is 17.3 Å². The predicted octanol–water partition coefficient (Wildman–Crippen LogP) is 3.18. The summed E-state index contributed by atoms with van der Waals surface area (Å²) in [5.41, 5.74) is -0.565. The highest BCUT2D eigenvalue weighted by atomic mass is 32.1. The molecule has 0 saturated carbocycles. The zero-order valence-corrected chi connectivity index (χ0v) is 9.43. The number of aliphatic carboxylic acids is 1. The van der Waals surface area contributed by atoms with Gasteiger partial charge in [0.05, 0.1) is 5.41 Å². The van der Waals surface area contributed by atoms with Crippen LogP contribution in [0.5, 0.6) is 0 Å². The van der Waals surface area contributed by atoms with Crippen LogP contribution in [0.15, 0.2) is 17.5 Å². The number of thiophene rings is 1. The number of carboxylic acid groups (broad SMARTS) is 1. The molecule has 1 aromatic rings. The van der Waals surface area contributed by atoms with E-state index < -0.39 is 11.4 Å². The van der Waals surface area contributed by atoms with Gasteiger partial charge in [-0.2, -0.15) is 0 Å². The van der Waals surface area contributed by atoms with Gasteiger partial charge in [-0.3, -0.25) is 4.79 Å². The largest absolute Gasteiger partial charge is 0.481 e. The Morgan fingerprint density at radius 1 is 1.50 bits per heavy atom. The Balaban J connectivity index is 2.83. The zero-order valence-electron chi connectivity index (χ0n) is 8.62. The maximum absolute atomic E-state index is 11.2. The van der Waals surface area contributed by atoms with Gasteiger partial charge in [0.1, 0.15) is 0 Å². The van der Waals surface area contributed by atoms with Crippen molar-refractivity contribution in [1.29, 1.82) is 0 Å². The minimum absolute atomic E-state index is 0.565. The van der Waals surface area contributed by atoms with Crippen LogP contribution in [0.3, 0.4) is 0 Å². The summed E-state index contributed by atoms with van der Waals surface area (Å²) < 4.78 is 0. The molecule has 0 saturated heterocycles. The Bertz CT molecular complexity index is 286. The average Bonchev–Trinajstić information content (AvgIpc) is 2.66. The van der Waals surface area contributed by atoms with Crippen LogP contribution in [-0.4, -0.2) is 11.1 Å². The first-order valence-corrected chi connectivity index (χ1v) is 5.78. The molecule has 0 spiro atoms. The van der Waals surface area contributed by atoms with Crippen molar-refractivity contribution in [2.24, 2.45) is 5.41 Å². The van der Waals surface area contributed by atoms with Gasteiger partial charge in [-0.05, 0) is 30.7 Å².